The second kappa shape index (κ2) is 10.4. The van der Waals surface area contributed by atoms with Crippen molar-refractivity contribution in [2.24, 2.45) is 0 Å². The third-order valence-electron chi connectivity index (χ3n) is 4.79. The summed E-state index contributed by atoms with van der Waals surface area (Å²) in [6, 6.07) is 8.63. The number of carbonyl (C=O) groups is 2. The van der Waals surface area contributed by atoms with Crippen molar-refractivity contribution in [1.82, 2.24) is 4.90 Å². The highest BCUT2D eigenvalue weighted by Crippen LogP contribution is 2.30. The standard InChI is InChI=1S/C22H21F4NO4S/c1-14(28)19-7-4-16(10-20(19)23)31-12-17-11-27(8-9-30-17)21(29)13-32-18-5-2-15(3-6-18)22(24,25)26/h2-7,10,17H,8-9,11-13H2,1H3. The van der Waals surface area contributed by atoms with E-state index >= 15 is 0 Å². The van der Waals surface area contributed by atoms with Crippen LogP contribution in [0.3, 0.4) is 0 Å². The van der Waals surface area contributed by atoms with E-state index in [1.54, 1.807) is 4.90 Å². The Bertz CT molecular complexity index is 965. The predicted octanol–water partition coefficient (Wildman–Crippen LogP) is 4.45. The summed E-state index contributed by atoms with van der Waals surface area (Å²) in [7, 11) is 0. The minimum atomic E-state index is -4.40. The monoisotopic (exact) mass is 471 g/mol. The van der Waals surface area contributed by atoms with E-state index in [0.717, 1.165) is 30.0 Å². The van der Waals surface area contributed by atoms with Gasteiger partial charge in [0, 0.05) is 17.5 Å². The number of ketones is 1. The van der Waals surface area contributed by atoms with Gasteiger partial charge in [0.25, 0.3) is 0 Å². The third-order valence-corrected chi connectivity index (χ3v) is 5.79. The van der Waals surface area contributed by atoms with Crippen LogP contribution in [0.15, 0.2) is 47.4 Å². The number of amides is 1. The van der Waals surface area contributed by atoms with Gasteiger partial charge in [0.2, 0.25) is 5.91 Å². The molecule has 0 aliphatic carbocycles. The van der Waals surface area contributed by atoms with Crippen molar-refractivity contribution in [2.75, 3.05) is 32.1 Å². The number of nitrogens with zero attached hydrogens (tertiary/aromatic N) is 1. The fourth-order valence-electron chi connectivity index (χ4n) is 3.08. The minimum Gasteiger partial charge on any atom is -0.491 e. The first-order valence-electron chi connectivity index (χ1n) is 9.76. The van der Waals surface area contributed by atoms with Gasteiger partial charge in [0.15, 0.2) is 5.78 Å². The molecule has 1 aliphatic rings. The number of benzene rings is 2. The molecule has 1 heterocycles. The van der Waals surface area contributed by atoms with Crippen LogP contribution >= 0.6 is 11.8 Å². The number of hydrogen-bond donors (Lipinski definition) is 0. The number of rotatable bonds is 7. The number of morpholine rings is 1. The first kappa shape index (κ1) is 24.1. The average Bonchev–Trinajstić information content (AvgIpc) is 2.75. The summed E-state index contributed by atoms with van der Waals surface area (Å²) in [4.78, 5) is 26.0. The molecule has 0 bridgehead atoms. The topological polar surface area (TPSA) is 55.8 Å². The second-order valence-corrected chi connectivity index (χ2v) is 8.20. The van der Waals surface area contributed by atoms with Crippen molar-refractivity contribution in [3.63, 3.8) is 0 Å². The molecule has 172 valence electrons. The number of carbonyl (C=O) groups excluding carboxylic acids is 2. The van der Waals surface area contributed by atoms with Gasteiger partial charge in [-0.25, -0.2) is 4.39 Å². The highest BCUT2D eigenvalue weighted by atomic mass is 32.2. The molecule has 3 rings (SSSR count). The van der Waals surface area contributed by atoms with Crippen LogP contribution in [-0.4, -0.2) is 54.8 Å². The Morgan fingerprint density at radius 2 is 1.91 bits per heavy atom. The summed E-state index contributed by atoms with van der Waals surface area (Å²) in [5, 5.41) is 0. The number of alkyl halides is 3. The van der Waals surface area contributed by atoms with Crippen molar-refractivity contribution in [1.29, 1.82) is 0 Å². The zero-order valence-corrected chi connectivity index (χ0v) is 18.0. The van der Waals surface area contributed by atoms with Crippen molar-refractivity contribution < 1.29 is 36.6 Å². The second-order valence-electron chi connectivity index (χ2n) is 7.15. The van der Waals surface area contributed by atoms with E-state index in [-0.39, 0.29) is 41.9 Å². The van der Waals surface area contributed by atoms with E-state index in [4.69, 9.17) is 9.47 Å². The van der Waals surface area contributed by atoms with Crippen molar-refractivity contribution in [2.45, 2.75) is 24.1 Å². The number of hydrogen-bond acceptors (Lipinski definition) is 5. The number of Topliss-reactive ketones (excluding diaryl/α,β-unsaturated/α-hetero) is 1. The Labute approximate surface area is 186 Å². The lowest BCUT2D eigenvalue weighted by molar-refractivity contribution is -0.138. The number of halogens is 4. The van der Waals surface area contributed by atoms with E-state index in [1.807, 2.05) is 0 Å². The van der Waals surface area contributed by atoms with Gasteiger partial charge in [-0.3, -0.25) is 9.59 Å². The van der Waals surface area contributed by atoms with Gasteiger partial charge in [-0.2, -0.15) is 13.2 Å². The highest BCUT2D eigenvalue weighted by Gasteiger charge is 2.30. The lowest BCUT2D eigenvalue weighted by Crippen LogP contribution is -2.48. The summed E-state index contributed by atoms with van der Waals surface area (Å²) in [6.45, 7) is 2.35. The predicted molar refractivity (Wildman–Crippen MR) is 110 cm³/mol. The summed E-state index contributed by atoms with van der Waals surface area (Å²) < 4.78 is 62.9. The lowest BCUT2D eigenvalue weighted by Gasteiger charge is -2.32. The molecule has 0 radical (unpaired) electrons. The van der Waals surface area contributed by atoms with Gasteiger partial charge >= 0.3 is 6.18 Å². The quantitative estimate of drug-likeness (QED) is 0.339. The molecular weight excluding hydrogens is 450 g/mol. The maximum Gasteiger partial charge on any atom is 0.416 e. The highest BCUT2D eigenvalue weighted by molar-refractivity contribution is 8.00. The minimum absolute atomic E-state index is 0.0198. The zero-order valence-electron chi connectivity index (χ0n) is 17.2. The Morgan fingerprint density at radius 3 is 2.53 bits per heavy atom. The molecule has 5 nitrogen and oxygen atoms in total. The summed E-state index contributed by atoms with van der Waals surface area (Å²) in [5.74, 6) is -0.890. The van der Waals surface area contributed by atoms with E-state index < -0.39 is 23.7 Å². The summed E-state index contributed by atoms with van der Waals surface area (Å²) in [5.41, 5.74) is -0.756. The maximum atomic E-state index is 13.9. The van der Waals surface area contributed by atoms with Crippen molar-refractivity contribution in [3.05, 3.63) is 59.4 Å². The van der Waals surface area contributed by atoms with E-state index in [1.165, 1.54) is 31.2 Å². The van der Waals surface area contributed by atoms with Crippen LogP contribution in [0.2, 0.25) is 0 Å². The Hall–Kier alpha value is -2.59. The molecule has 0 saturated carbocycles. The molecule has 10 heteroatoms. The normalized spacial score (nSPS) is 16.7. The zero-order chi connectivity index (χ0) is 23.3. The van der Waals surface area contributed by atoms with Crippen LogP contribution < -0.4 is 4.74 Å². The van der Waals surface area contributed by atoms with Crippen molar-refractivity contribution >= 4 is 23.5 Å². The fourth-order valence-corrected chi connectivity index (χ4v) is 3.88. The van der Waals surface area contributed by atoms with Crippen LogP contribution in [0.5, 0.6) is 5.75 Å². The first-order chi connectivity index (χ1) is 15.1. The van der Waals surface area contributed by atoms with Crippen LogP contribution in [0.4, 0.5) is 17.6 Å². The molecule has 2 aromatic rings. The molecule has 32 heavy (non-hydrogen) atoms. The first-order valence-corrected chi connectivity index (χ1v) is 10.7. The van der Waals surface area contributed by atoms with Gasteiger partial charge in [0.1, 0.15) is 24.3 Å². The molecule has 1 amide bonds. The Kier molecular flexibility index (Phi) is 7.78. The molecular formula is C22H21F4NO4S. The third kappa shape index (κ3) is 6.46. The lowest BCUT2D eigenvalue weighted by atomic mass is 10.1. The molecule has 1 unspecified atom stereocenters. The van der Waals surface area contributed by atoms with E-state index in [9.17, 15) is 27.2 Å². The van der Waals surface area contributed by atoms with Crippen LogP contribution in [0.25, 0.3) is 0 Å². The summed E-state index contributed by atoms with van der Waals surface area (Å²) in [6.07, 6.45) is -4.81. The SMILES string of the molecule is CC(=O)c1ccc(OCC2CN(C(=O)CSc3ccc(C(F)(F)F)cc3)CCO2)cc1F. The van der Waals surface area contributed by atoms with Crippen LogP contribution in [0.1, 0.15) is 22.8 Å². The molecule has 2 aromatic carbocycles. The molecule has 1 fully saturated rings. The maximum absolute atomic E-state index is 13.9. The van der Waals surface area contributed by atoms with Gasteiger partial charge < -0.3 is 14.4 Å². The van der Waals surface area contributed by atoms with Crippen LogP contribution in [0, 0.1) is 5.82 Å². The number of thioether (sulfide) groups is 1. The molecule has 0 aromatic heterocycles. The molecule has 0 N–H and O–H groups in total. The largest absolute Gasteiger partial charge is 0.491 e. The molecule has 0 spiro atoms. The van der Waals surface area contributed by atoms with Gasteiger partial charge in [-0.15, -0.1) is 11.8 Å². The van der Waals surface area contributed by atoms with Gasteiger partial charge in [0.05, 0.1) is 30.0 Å². The Balaban J connectivity index is 1.48. The van der Waals surface area contributed by atoms with Gasteiger partial charge in [-0.1, -0.05) is 0 Å². The summed E-state index contributed by atoms with van der Waals surface area (Å²) >= 11 is 1.16. The smallest absolute Gasteiger partial charge is 0.416 e. The molecule has 1 saturated heterocycles. The number of ether oxygens (including phenoxy) is 2. The van der Waals surface area contributed by atoms with E-state index in [0.29, 0.717) is 18.0 Å². The molecule has 1 atom stereocenters. The Morgan fingerprint density at radius 1 is 1.19 bits per heavy atom. The van der Waals surface area contributed by atoms with Gasteiger partial charge in [-0.05, 0) is 43.3 Å². The average molecular weight is 471 g/mol. The van der Waals surface area contributed by atoms with Crippen molar-refractivity contribution in [3.8, 4) is 5.75 Å². The fraction of sp³-hybridized carbons (Fsp3) is 0.364. The van der Waals surface area contributed by atoms with Crippen LogP contribution in [-0.2, 0) is 15.7 Å². The molecule has 1 aliphatic heterocycles. The van der Waals surface area contributed by atoms with E-state index in [2.05, 4.69) is 0 Å².